The van der Waals surface area contributed by atoms with Crippen molar-refractivity contribution >= 4 is 0 Å². The summed E-state index contributed by atoms with van der Waals surface area (Å²) in [6.07, 6.45) is -16.8. The van der Waals surface area contributed by atoms with E-state index < -0.39 is 47.5 Å². The molecule has 0 saturated carbocycles. The predicted molar refractivity (Wildman–Crippen MR) is 41.7 cm³/mol. The monoisotopic (exact) mass is 352 g/mol. The summed E-state index contributed by atoms with van der Waals surface area (Å²) in [5.41, 5.74) is -10.4. The molecule has 2 nitrogen and oxygen atoms in total. The maximum absolute atomic E-state index is 13.7. The van der Waals surface area contributed by atoms with E-state index in [1.54, 1.807) is 9.97 Å². The molecule has 0 N–H and O–H groups in total. The third-order valence-electron chi connectivity index (χ3n) is 2.32. The van der Waals surface area contributed by atoms with Crippen LogP contribution < -0.4 is 0 Å². The van der Waals surface area contributed by atoms with Crippen molar-refractivity contribution in [1.29, 1.82) is 0 Å². The highest BCUT2D eigenvalue weighted by atomic mass is 19.4. The van der Waals surface area contributed by atoms with Gasteiger partial charge in [-0.15, -0.1) is 0 Å². The topological polar surface area (TPSA) is 25.8 Å². The first kappa shape index (κ1) is 18.3. The van der Waals surface area contributed by atoms with Gasteiger partial charge in [0, 0.05) is 0 Å². The van der Waals surface area contributed by atoms with Gasteiger partial charge in [0.1, 0.15) is 5.56 Å². The number of rotatable bonds is 2. The Morgan fingerprint density at radius 2 is 0.955 bits per heavy atom. The van der Waals surface area contributed by atoms with Crippen LogP contribution in [0.3, 0.4) is 0 Å². The molecule has 0 aromatic carbocycles. The summed E-state index contributed by atoms with van der Waals surface area (Å²) in [6.45, 7) is 0. The van der Waals surface area contributed by atoms with Gasteiger partial charge in [0.15, 0.2) is 0 Å². The highest BCUT2D eigenvalue weighted by molar-refractivity contribution is 5.26. The Kier molecular flexibility index (Phi) is 4.05. The maximum atomic E-state index is 13.7. The van der Waals surface area contributed by atoms with Gasteiger partial charge in [-0.3, -0.25) is 0 Å². The summed E-state index contributed by atoms with van der Waals surface area (Å²) in [4.78, 5) is 3.37. The molecule has 1 aromatic rings. The van der Waals surface area contributed by atoms with Gasteiger partial charge >= 0.3 is 30.0 Å². The summed E-state index contributed by atoms with van der Waals surface area (Å²) in [7, 11) is 0. The van der Waals surface area contributed by atoms with E-state index in [2.05, 4.69) is 0 Å². The molecule has 1 heterocycles. The Morgan fingerprint density at radius 1 is 0.591 bits per heavy atom. The van der Waals surface area contributed by atoms with Gasteiger partial charge in [-0.25, -0.2) is 4.39 Å². The fourth-order valence-electron chi connectivity index (χ4n) is 1.34. The standard InChI is InChI=1S/C8F12N2/c9-2-1(3(10)22-4(11)21-2)5(12,7(15,16)17)6(13,14)8(18,19)20. The van der Waals surface area contributed by atoms with E-state index in [1.165, 1.54) is 0 Å². The summed E-state index contributed by atoms with van der Waals surface area (Å²) in [5.74, 6) is -13.7. The third-order valence-corrected chi connectivity index (χ3v) is 2.32. The molecule has 14 heteroatoms. The minimum atomic E-state index is -7.32. The molecule has 1 aromatic heterocycles. The van der Waals surface area contributed by atoms with Crippen LogP contribution in [-0.2, 0) is 5.67 Å². The van der Waals surface area contributed by atoms with Gasteiger partial charge in [0.05, 0.1) is 0 Å². The van der Waals surface area contributed by atoms with Crippen molar-refractivity contribution in [2.45, 2.75) is 23.9 Å². The molecule has 1 rings (SSSR count). The summed E-state index contributed by atoms with van der Waals surface area (Å²) < 4.78 is 151. The SMILES string of the molecule is Fc1nc(F)c(C(F)(C(F)(F)F)C(F)(F)C(F)(F)F)c(F)n1. The molecular weight excluding hydrogens is 352 g/mol. The van der Waals surface area contributed by atoms with Crippen LogP contribution in [0.2, 0.25) is 0 Å². The highest BCUT2D eigenvalue weighted by Crippen LogP contribution is 2.58. The number of aromatic nitrogens is 2. The zero-order chi connectivity index (χ0) is 17.7. The molecule has 0 aliphatic carbocycles. The summed E-state index contributed by atoms with van der Waals surface area (Å²) >= 11 is 0. The highest BCUT2D eigenvalue weighted by Gasteiger charge is 2.83. The number of alkyl halides is 9. The Bertz CT molecular complexity index is 552. The molecule has 0 radical (unpaired) electrons. The quantitative estimate of drug-likeness (QED) is 0.460. The molecule has 1 unspecified atom stereocenters. The van der Waals surface area contributed by atoms with Crippen molar-refractivity contribution in [3.05, 3.63) is 23.5 Å². The first-order valence-electron chi connectivity index (χ1n) is 4.66. The minimum absolute atomic E-state index is 1.68. The Morgan fingerprint density at radius 3 is 1.23 bits per heavy atom. The van der Waals surface area contributed by atoms with Crippen LogP contribution in [0.5, 0.6) is 0 Å². The summed E-state index contributed by atoms with van der Waals surface area (Å²) in [6, 6.07) is 0. The lowest BCUT2D eigenvalue weighted by Gasteiger charge is -2.35. The van der Waals surface area contributed by atoms with Crippen molar-refractivity contribution in [2.24, 2.45) is 0 Å². The Labute approximate surface area is 111 Å². The molecule has 22 heavy (non-hydrogen) atoms. The van der Waals surface area contributed by atoms with E-state index in [0.29, 0.717) is 0 Å². The molecule has 0 aliphatic rings. The second kappa shape index (κ2) is 4.87. The van der Waals surface area contributed by atoms with Crippen LogP contribution in [0.4, 0.5) is 52.7 Å². The average molecular weight is 352 g/mol. The van der Waals surface area contributed by atoms with Gasteiger partial charge in [0.25, 0.3) is 0 Å². The first-order chi connectivity index (χ1) is 9.57. The normalized spacial score (nSPS) is 16.5. The van der Waals surface area contributed by atoms with Crippen molar-refractivity contribution in [3.8, 4) is 0 Å². The molecule has 1 atom stereocenters. The van der Waals surface area contributed by atoms with E-state index in [0.717, 1.165) is 0 Å². The minimum Gasteiger partial charge on any atom is -0.221 e. The van der Waals surface area contributed by atoms with Crippen molar-refractivity contribution in [2.75, 3.05) is 0 Å². The van der Waals surface area contributed by atoms with Crippen LogP contribution >= 0.6 is 0 Å². The van der Waals surface area contributed by atoms with Crippen LogP contribution in [0.25, 0.3) is 0 Å². The van der Waals surface area contributed by atoms with E-state index in [-0.39, 0.29) is 0 Å². The van der Waals surface area contributed by atoms with Gasteiger partial charge in [0.2, 0.25) is 11.9 Å². The predicted octanol–water partition coefficient (Wildman–Crippen LogP) is 3.82. The van der Waals surface area contributed by atoms with Gasteiger partial charge in [-0.1, -0.05) is 0 Å². The van der Waals surface area contributed by atoms with Crippen LogP contribution in [-0.4, -0.2) is 28.2 Å². The lowest BCUT2D eigenvalue weighted by atomic mass is 9.89. The molecule has 0 spiro atoms. The molecular formula is C8F12N2. The van der Waals surface area contributed by atoms with Crippen molar-refractivity contribution < 1.29 is 52.7 Å². The van der Waals surface area contributed by atoms with Crippen LogP contribution in [0.1, 0.15) is 5.56 Å². The van der Waals surface area contributed by atoms with Crippen molar-refractivity contribution in [1.82, 2.24) is 9.97 Å². The number of nitrogens with zero attached hydrogens (tertiary/aromatic N) is 2. The second-order valence-corrected chi connectivity index (χ2v) is 3.68. The molecule has 126 valence electrons. The third kappa shape index (κ3) is 2.43. The number of halogens is 12. The Hall–Kier alpha value is -1.76. The first-order valence-corrected chi connectivity index (χ1v) is 4.66. The van der Waals surface area contributed by atoms with Crippen molar-refractivity contribution in [3.63, 3.8) is 0 Å². The molecule has 0 aliphatic heterocycles. The van der Waals surface area contributed by atoms with Crippen LogP contribution in [0.15, 0.2) is 0 Å². The molecule has 0 fully saturated rings. The largest absolute Gasteiger partial charge is 0.457 e. The lowest BCUT2D eigenvalue weighted by molar-refractivity contribution is -0.390. The van der Waals surface area contributed by atoms with Gasteiger partial charge < -0.3 is 0 Å². The summed E-state index contributed by atoms with van der Waals surface area (Å²) in [5, 5.41) is 0. The van der Waals surface area contributed by atoms with Crippen LogP contribution in [0, 0.1) is 18.0 Å². The second-order valence-electron chi connectivity index (χ2n) is 3.68. The molecule has 0 bridgehead atoms. The fraction of sp³-hybridized carbons (Fsp3) is 0.500. The number of hydrogen-bond acceptors (Lipinski definition) is 2. The zero-order valence-electron chi connectivity index (χ0n) is 9.43. The molecule has 0 amide bonds. The maximum Gasteiger partial charge on any atom is 0.457 e. The lowest BCUT2D eigenvalue weighted by Crippen LogP contribution is -2.60. The van der Waals surface area contributed by atoms with E-state index in [9.17, 15) is 52.7 Å². The number of hydrogen-bond donors (Lipinski definition) is 0. The van der Waals surface area contributed by atoms with E-state index in [1.807, 2.05) is 0 Å². The fourth-order valence-corrected chi connectivity index (χ4v) is 1.34. The Balaban J connectivity index is 3.86. The van der Waals surface area contributed by atoms with Gasteiger partial charge in [-0.05, 0) is 0 Å². The smallest absolute Gasteiger partial charge is 0.221 e. The average Bonchev–Trinajstić information content (AvgIpc) is 2.23. The van der Waals surface area contributed by atoms with E-state index >= 15 is 0 Å². The zero-order valence-corrected chi connectivity index (χ0v) is 9.43. The van der Waals surface area contributed by atoms with Gasteiger partial charge in [-0.2, -0.15) is 58.3 Å². The van der Waals surface area contributed by atoms with E-state index in [4.69, 9.17) is 0 Å². The molecule has 0 saturated heterocycles.